The van der Waals surface area contributed by atoms with Crippen LogP contribution in [0, 0.1) is 32.9 Å². The van der Waals surface area contributed by atoms with Crippen LogP contribution in [0.5, 0.6) is 11.5 Å². The van der Waals surface area contributed by atoms with E-state index in [9.17, 15) is 0 Å². The van der Waals surface area contributed by atoms with Gasteiger partial charge in [0, 0.05) is 34.5 Å². The number of hydrogen-bond acceptors (Lipinski definition) is 3. The molecule has 0 bridgehead atoms. The molecule has 0 radical (unpaired) electrons. The normalized spacial score (nSPS) is 11.7. The van der Waals surface area contributed by atoms with Gasteiger partial charge < -0.3 is 9.30 Å². The second kappa shape index (κ2) is 14.9. The second-order valence-corrected chi connectivity index (χ2v) is 14.8. The maximum absolute atomic E-state index is 6.70. The van der Waals surface area contributed by atoms with Gasteiger partial charge in [-0.15, -0.1) is 41.3 Å². The summed E-state index contributed by atoms with van der Waals surface area (Å²) < 4.78 is 10.9. The number of rotatable bonds is 9. The van der Waals surface area contributed by atoms with Crippen molar-refractivity contribution in [3.05, 3.63) is 130 Å². The third-order valence-corrected chi connectivity index (χ3v) is 10.0. The zero-order valence-electron chi connectivity index (χ0n) is 31.8. The number of aromatic nitrogens is 4. The summed E-state index contributed by atoms with van der Waals surface area (Å²) in [6.45, 7) is 19.9. The van der Waals surface area contributed by atoms with Crippen molar-refractivity contribution in [3.8, 4) is 34.1 Å². The van der Waals surface area contributed by atoms with Crippen LogP contribution in [-0.4, -0.2) is 19.3 Å². The first-order chi connectivity index (χ1) is 24.5. The first kappa shape index (κ1) is 37.3. The van der Waals surface area contributed by atoms with Gasteiger partial charge in [-0.2, -0.15) is 11.2 Å². The quantitative estimate of drug-likeness (QED) is 0.108. The van der Waals surface area contributed by atoms with E-state index in [4.69, 9.17) is 14.8 Å². The first-order valence-corrected chi connectivity index (χ1v) is 18.4. The van der Waals surface area contributed by atoms with Gasteiger partial charge in [0.15, 0.2) is 0 Å². The van der Waals surface area contributed by atoms with Crippen LogP contribution in [0.15, 0.2) is 79.0 Å². The standard InChI is InChI=1S/C46H48N4O.Pd/c1-10-15-32-20-21-47-43(24-32)49-41-17-14-13-16-39(41)40-19-18-37(28-42(40)49)51-38-26-35(46(7,8)9)25-36(27-38)50-31(6)44(30(5)48-50)45-33(11-2)22-29(4)23-34(45)12-3;/h13-14,16-26H,10-12,15H2,1-9H3;/q-2;+2. The topological polar surface area (TPSA) is 44.9 Å². The molecule has 0 unspecified atom stereocenters. The molecule has 0 amide bonds. The van der Waals surface area contributed by atoms with E-state index in [1.54, 1.807) is 0 Å². The monoisotopic (exact) mass is 778 g/mol. The number of aryl methyl sites for hydroxylation is 5. The Labute approximate surface area is 322 Å². The molecule has 52 heavy (non-hydrogen) atoms. The van der Waals surface area contributed by atoms with Crippen molar-refractivity contribution in [2.24, 2.45) is 0 Å². The van der Waals surface area contributed by atoms with E-state index in [0.29, 0.717) is 11.5 Å². The van der Waals surface area contributed by atoms with E-state index in [0.717, 1.165) is 75.9 Å². The maximum atomic E-state index is 6.70. The number of hydrogen-bond donors (Lipinski definition) is 0. The summed E-state index contributed by atoms with van der Waals surface area (Å²) in [4.78, 5) is 4.81. The molecule has 7 aromatic rings. The smallest absolute Gasteiger partial charge is 0.509 e. The average Bonchev–Trinajstić information content (AvgIpc) is 3.60. The van der Waals surface area contributed by atoms with Crippen molar-refractivity contribution >= 4 is 21.8 Å². The molecule has 3 aromatic heterocycles. The van der Waals surface area contributed by atoms with Crippen LogP contribution < -0.4 is 4.74 Å². The number of ether oxygens (including phenoxy) is 1. The fourth-order valence-electron chi connectivity index (χ4n) is 7.51. The number of benzene rings is 4. The minimum atomic E-state index is -0.127. The third-order valence-electron chi connectivity index (χ3n) is 10.0. The predicted molar refractivity (Wildman–Crippen MR) is 211 cm³/mol. The largest absolute Gasteiger partial charge is 2.00 e. The molecule has 6 heteroatoms. The molecule has 0 spiro atoms. The SMILES string of the molecule is CCCc1ccnc(-n2c3[c-]c(Oc4[c-]c(-n5nc(C)c(-c6c(CC)cc(C)cc6CC)c5C)cc(C(C)(C)C)c4)ccc3c3ccccc32)c1.[Pd+2]. The maximum Gasteiger partial charge on any atom is 2.00 e. The van der Waals surface area contributed by atoms with E-state index in [2.05, 4.69) is 146 Å². The van der Waals surface area contributed by atoms with Crippen LogP contribution in [0.25, 0.3) is 44.4 Å². The zero-order chi connectivity index (χ0) is 36.0. The summed E-state index contributed by atoms with van der Waals surface area (Å²) in [5.74, 6) is 2.14. The summed E-state index contributed by atoms with van der Waals surface area (Å²) in [6.07, 6.45) is 5.94. The Hall–Kier alpha value is -4.50. The minimum absolute atomic E-state index is 0. The number of pyridine rings is 1. The van der Waals surface area contributed by atoms with Gasteiger partial charge >= 0.3 is 20.4 Å². The van der Waals surface area contributed by atoms with Gasteiger partial charge in [-0.3, -0.25) is 4.68 Å². The predicted octanol–water partition coefficient (Wildman–Crippen LogP) is 11.7. The van der Waals surface area contributed by atoms with Crippen LogP contribution in [0.2, 0.25) is 0 Å². The summed E-state index contributed by atoms with van der Waals surface area (Å²) in [5, 5.41) is 7.41. The molecule has 268 valence electrons. The molecule has 5 nitrogen and oxygen atoms in total. The molecule has 0 saturated heterocycles. The van der Waals surface area contributed by atoms with Crippen LogP contribution in [-0.2, 0) is 45.1 Å². The van der Waals surface area contributed by atoms with Crippen molar-refractivity contribution in [3.63, 3.8) is 0 Å². The summed E-state index contributed by atoms with van der Waals surface area (Å²) in [6, 6.07) is 33.1. The van der Waals surface area contributed by atoms with Crippen LogP contribution in [0.1, 0.15) is 87.2 Å². The van der Waals surface area contributed by atoms with Gasteiger partial charge in [0.1, 0.15) is 5.82 Å². The van der Waals surface area contributed by atoms with Crippen LogP contribution in [0.4, 0.5) is 0 Å². The van der Waals surface area contributed by atoms with Crippen molar-refractivity contribution in [2.45, 2.75) is 93.4 Å². The molecule has 0 aliphatic carbocycles. The molecule has 4 aromatic carbocycles. The first-order valence-electron chi connectivity index (χ1n) is 18.4. The number of nitrogens with zero attached hydrogens (tertiary/aromatic N) is 4. The fraction of sp³-hybridized carbons (Fsp3) is 0.304. The fourth-order valence-corrected chi connectivity index (χ4v) is 7.51. The van der Waals surface area contributed by atoms with Gasteiger partial charge in [0.05, 0.1) is 5.69 Å². The van der Waals surface area contributed by atoms with E-state index in [1.165, 1.54) is 33.4 Å². The van der Waals surface area contributed by atoms with Crippen LogP contribution >= 0.6 is 0 Å². The van der Waals surface area contributed by atoms with Crippen molar-refractivity contribution in [1.29, 1.82) is 0 Å². The van der Waals surface area contributed by atoms with Crippen LogP contribution in [0.3, 0.4) is 0 Å². The molecule has 0 saturated carbocycles. The van der Waals surface area contributed by atoms with Gasteiger partial charge in [0.25, 0.3) is 0 Å². The number of para-hydroxylation sites is 1. The van der Waals surface area contributed by atoms with Crippen molar-refractivity contribution in [2.75, 3.05) is 0 Å². The van der Waals surface area contributed by atoms with Crippen molar-refractivity contribution < 1.29 is 25.2 Å². The molecule has 0 aliphatic heterocycles. The Bertz CT molecular complexity index is 2380. The molecule has 3 heterocycles. The van der Waals surface area contributed by atoms with E-state index < -0.39 is 0 Å². The Balaban J connectivity index is 0.00000464. The summed E-state index contributed by atoms with van der Waals surface area (Å²) in [5.41, 5.74) is 13.9. The average molecular weight is 779 g/mol. The molecule has 7 rings (SSSR count). The van der Waals surface area contributed by atoms with Gasteiger partial charge in [-0.05, 0) is 97.0 Å². The van der Waals surface area contributed by atoms with Gasteiger partial charge in [-0.25, -0.2) is 4.98 Å². The number of fused-ring (bicyclic) bond motifs is 3. The zero-order valence-corrected chi connectivity index (χ0v) is 33.4. The molecule has 0 atom stereocenters. The second-order valence-electron chi connectivity index (χ2n) is 14.8. The summed E-state index contributed by atoms with van der Waals surface area (Å²) >= 11 is 0. The Morgan fingerprint density at radius 3 is 2.19 bits per heavy atom. The van der Waals surface area contributed by atoms with Crippen molar-refractivity contribution in [1.82, 2.24) is 19.3 Å². The minimum Gasteiger partial charge on any atom is -0.509 e. The van der Waals surface area contributed by atoms with E-state index in [1.807, 2.05) is 16.9 Å². The molecule has 0 aliphatic rings. The van der Waals surface area contributed by atoms with E-state index in [-0.39, 0.29) is 25.8 Å². The molecular weight excluding hydrogens is 731 g/mol. The molecule has 0 N–H and O–H groups in total. The molecular formula is C46H48N4OPd. The summed E-state index contributed by atoms with van der Waals surface area (Å²) in [7, 11) is 0. The molecule has 0 fully saturated rings. The Morgan fingerprint density at radius 1 is 0.769 bits per heavy atom. The Morgan fingerprint density at radius 2 is 1.50 bits per heavy atom. The van der Waals surface area contributed by atoms with Gasteiger partial charge in [-0.1, -0.05) is 89.4 Å². The van der Waals surface area contributed by atoms with E-state index >= 15 is 0 Å². The Kier molecular flexibility index (Phi) is 10.6. The van der Waals surface area contributed by atoms with Gasteiger partial charge in [0.2, 0.25) is 0 Å². The third kappa shape index (κ3) is 6.87.